The second-order valence-electron chi connectivity index (χ2n) is 11.8. The van der Waals surface area contributed by atoms with Crippen LogP contribution in [0.4, 0.5) is 0 Å². The summed E-state index contributed by atoms with van der Waals surface area (Å²) in [4.78, 5) is 52.3. The third-order valence-corrected chi connectivity index (χ3v) is 8.36. The molecule has 12 nitrogen and oxygen atoms in total. The van der Waals surface area contributed by atoms with Gasteiger partial charge in [0.05, 0.1) is 19.1 Å². The van der Waals surface area contributed by atoms with Crippen molar-refractivity contribution in [3.05, 3.63) is 63.7 Å². The third-order valence-electron chi connectivity index (χ3n) is 7.60. The number of hydrogen-bond donors (Lipinski definition) is 7. The van der Waals surface area contributed by atoms with Gasteiger partial charge in [-0.05, 0) is 53.0 Å². The van der Waals surface area contributed by atoms with E-state index in [1.807, 2.05) is 33.8 Å². The van der Waals surface area contributed by atoms with Crippen LogP contribution in [0.5, 0.6) is 17.2 Å². The maximum atomic E-state index is 14.1. The van der Waals surface area contributed by atoms with E-state index in [-0.39, 0.29) is 52.1 Å². The number of nitrogens with one attached hydrogen (secondary N) is 2. The van der Waals surface area contributed by atoms with E-state index >= 15 is 0 Å². The van der Waals surface area contributed by atoms with Crippen LogP contribution in [-0.2, 0) is 25.5 Å². The average Bonchev–Trinajstić information content (AvgIpc) is 3.00. The topological polar surface area (TPSA) is 187 Å². The number of allylic oxidation sites excluding steroid dienone is 4. The molecule has 47 heavy (non-hydrogen) atoms. The van der Waals surface area contributed by atoms with Crippen molar-refractivity contribution < 1.29 is 43.6 Å². The standard InChI is InChI=1S/C33H43N3O9S2/c1-15(2)7-9-18-23(45-33(42)21(14-47)36-31(40)17(5)35-32(41)20(34)13-46)12-25-27(28(18)38)29(39)26-19(10-8-16(3)4)30(43-6)22(37)11-24(26)44-25/h7-8,11-12,17,20-21,24,26,37-38,46-47H,9-10,13-14,34H2,1-6H3,(H,35,41)(H,36,40). The largest absolute Gasteiger partial charge is 0.507 e. The number of carbonyl (C=O) groups excluding carboxylic acids is 4. The summed E-state index contributed by atoms with van der Waals surface area (Å²) in [5.41, 5.74) is 8.11. The zero-order valence-corrected chi connectivity index (χ0v) is 29.0. The molecule has 6 N–H and O–H groups in total. The Bertz CT molecular complexity index is 1540. The normalized spacial score (nSPS) is 18.7. The fourth-order valence-electron chi connectivity index (χ4n) is 5.02. The Balaban J connectivity index is 2.00. The van der Waals surface area contributed by atoms with Gasteiger partial charge in [0.2, 0.25) is 11.8 Å². The molecule has 5 atom stereocenters. The van der Waals surface area contributed by atoms with Crippen LogP contribution in [0.15, 0.2) is 52.5 Å². The predicted molar refractivity (Wildman–Crippen MR) is 183 cm³/mol. The number of aromatic hydroxyl groups is 1. The van der Waals surface area contributed by atoms with E-state index in [2.05, 4.69) is 35.9 Å². The molecule has 14 heteroatoms. The monoisotopic (exact) mass is 689 g/mol. The van der Waals surface area contributed by atoms with Gasteiger partial charge in [0.1, 0.15) is 41.0 Å². The number of ketones is 1. The van der Waals surface area contributed by atoms with Gasteiger partial charge < -0.3 is 40.8 Å². The van der Waals surface area contributed by atoms with Gasteiger partial charge >= 0.3 is 5.97 Å². The van der Waals surface area contributed by atoms with Gasteiger partial charge in [-0.2, -0.15) is 25.3 Å². The molecule has 0 saturated heterocycles. The van der Waals surface area contributed by atoms with Crippen LogP contribution in [0.1, 0.15) is 57.0 Å². The number of aliphatic hydroxyl groups is 1. The molecular weight excluding hydrogens is 647 g/mol. The number of fused-ring (bicyclic) bond motifs is 2. The summed E-state index contributed by atoms with van der Waals surface area (Å²) in [6.07, 6.45) is 4.53. The molecule has 1 heterocycles. The van der Waals surface area contributed by atoms with Crippen LogP contribution in [-0.4, -0.2) is 76.6 Å². The number of methoxy groups -OCH3 is 1. The number of aliphatic hydroxyl groups excluding tert-OH is 1. The SMILES string of the molecule is COC1=C(CC=C(C)C)C2C(=O)c3c(cc(OC(=O)C(CS)NC(=O)C(C)NC(=O)C(N)CS)c(CC=C(C)C)c3O)OC2C=C1O. The summed E-state index contributed by atoms with van der Waals surface area (Å²) in [7, 11) is 1.40. The molecule has 2 aliphatic rings. The number of nitrogens with two attached hydrogens (primary N) is 1. The highest BCUT2D eigenvalue weighted by Crippen LogP contribution is 2.48. The molecular formula is C33H43N3O9S2. The van der Waals surface area contributed by atoms with Gasteiger partial charge in [-0.25, -0.2) is 4.79 Å². The second kappa shape index (κ2) is 16.3. The number of carbonyl (C=O) groups is 4. The lowest BCUT2D eigenvalue weighted by Gasteiger charge is -2.36. The molecule has 2 amide bonds. The summed E-state index contributed by atoms with van der Waals surface area (Å²) in [6.45, 7) is 8.94. The molecule has 1 aliphatic heterocycles. The van der Waals surface area contributed by atoms with E-state index in [4.69, 9.17) is 19.9 Å². The van der Waals surface area contributed by atoms with E-state index in [9.17, 15) is 29.4 Å². The number of Topliss-reactive ketones (excluding diaryl/α,β-unsaturated/α-hetero) is 1. The number of thiol groups is 2. The van der Waals surface area contributed by atoms with Gasteiger partial charge in [-0.1, -0.05) is 23.3 Å². The highest BCUT2D eigenvalue weighted by Gasteiger charge is 2.45. The summed E-state index contributed by atoms with van der Waals surface area (Å²) in [5, 5.41) is 27.2. The third kappa shape index (κ3) is 8.73. The molecule has 0 bridgehead atoms. The van der Waals surface area contributed by atoms with Crippen molar-refractivity contribution in [2.24, 2.45) is 11.7 Å². The quantitative estimate of drug-likeness (QED) is 0.0702. The van der Waals surface area contributed by atoms with Crippen molar-refractivity contribution in [2.75, 3.05) is 18.6 Å². The molecule has 1 aromatic carbocycles. The van der Waals surface area contributed by atoms with Crippen molar-refractivity contribution in [3.63, 3.8) is 0 Å². The molecule has 1 aromatic rings. The molecule has 0 spiro atoms. The Morgan fingerprint density at radius 3 is 2.26 bits per heavy atom. The smallest absolute Gasteiger partial charge is 0.334 e. The molecule has 0 saturated carbocycles. The zero-order valence-electron chi connectivity index (χ0n) is 27.2. The first-order valence-electron chi connectivity index (χ1n) is 15.0. The minimum atomic E-state index is -1.25. The van der Waals surface area contributed by atoms with Gasteiger partial charge in [0, 0.05) is 29.2 Å². The lowest BCUT2D eigenvalue weighted by molar-refractivity contribution is -0.139. The molecule has 0 fully saturated rings. The summed E-state index contributed by atoms with van der Waals surface area (Å²) < 4.78 is 17.3. The number of benzene rings is 1. The lowest BCUT2D eigenvalue weighted by atomic mass is 9.77. The highest BCUT2D eigenvalue weighted by molar-refractivity contribution is 7.80. The summed E-state index contributed by atoms with van der Waals surface area (Å²) in [5.74, 6) is -4.21. The fraction of sp³-hybridized carbons (Fsp3) is 0.455. The molecule has 0 radical (unpaired) electrons. The van der Waals surface area contributed by atoms with Crippen LogP contribution >= 0.6 is 25.3 Å². The Kier molecular flexibility index (Phi) is 13.0. The van der Waals surface area contributed by atoms with Gasteiger partial charge in [0.15, 0.2) is 17.3 Å². The van der Waals surface area contributed by atoms with E-state index < -0.39 is 59.5 Å². The van der Waals surface area contributed by atoms with Crippen LogP contribution in [0.25, 0.3) is 0 Å². The number of rotatable bonds is 13. The number of esters is 1. The van der Waals surface area contributed by atoms with Crippen molar-refractivity contribution in [1.29, 1.82) is 0 Å². The van der Waals surface area contributed by atoms with E-state index in [0.717, 1.165) is 11.1 Å². The fourth-order valence-corrected chi connectivity index (χ4v) is 5.43. The molecule has 0 aromatic heterocycles. The van der Waals surface area contributed by atoms with Gasteiger partial charge in [-0.15, -0.1) is 0 Å². The number of ether oxygens (including phenoxy) is 3. The van der Waals surface area contributed by atoms with E-state index in [1.54, 1.807) is 6.08 Å². The van der Waals surface area contributed by atoms with Crippen LogP contribution in [0.3, 0.4) is 0 Å². The summed E-state index contributed by atoms with van der Waals surface area (Å²) >= 11 is 8.16. The van der Waals surface area contributed by atoms with Crippen LogP contribution in [0, 0.1) is 5.92 Å². The van der Waals surface area contributed by atoms with Crippen molar-refractivity contribution in [1.82, 2.24) is 10.6 Å². The van der Waals surface area contributed by atoms with Crippen molar-refractivity contribution in [3.8, 4) is 17.2 Å². The molecule has 3 rings (SSSR count). The maximum absolute atomic E-state index is 14.1. The average molecular weight is 690 g/mol. The second-order valence-corrected chi connectivity index (χ2v) is 12.5. The first-order valence-corrected chi connectivity index (χ1v) is 16.3. The minimum Gasteiger partial charge on any atom is -0.507 e. The predicted octanol–water partition coefficient (Wildman–Crippen LogP) is 3.25. The molecule has 5 unspecified atom stereocenters. The van der Waals surface area contributed by atoms with E-state index in [1.165, 1.54) is 26.2 Å². The van der Waals surface area contributed by atoms with Crippen molar-refractivity contribution in [2.45, 2.75) is 71.7 Å². The van der Waals surface area contributed by atoms with Crippen LogP contribution in [0.2, 0.25) is 0 Å². The Morgan fingerprint density at radius 2 is 1.68 bits per heavy atom. The van der Waals surface area contributed by atoms with Gasteiger partial charge in [-0.3, -0.25) is 14.4 Å². The number of amides is 2. The molecule has 1 aliphatic carbocycles. The first-order chi connectivity index (χ1) is 22.1. The Labute approximate surface area is 285 Å². The zero-order chi connectivity index (χ0) is 35.2. The highest BCUT2D eigenvalue weighted by atomic mass is 32.1. The van der Waals surface area contributed by atoms with Crippen LogP contribution < -0.4 is 25.8 Å². The Hall–Kier alpha value is -3.88. The summed E-state index contributed by atoms with van der Waals surface area (Å²) in [6, 6.07) is -1.87. The number of phenolic OH excluding ortho intramolecular Hbond substituents is 1. The minimum absolute atomic E-state index is 0.0488. The van der Waals surface area contributed by atoms with Gasteiger partial charge in [0.25, 0.3) is 0 Å². The number of hydrogen-bond acceptors (Lipinski definition) is 12. The maximum Gasteiger partial charge on any atom is 0.334 e. The van der Waals surface area contributed by atoms with Crippen molar-refractivity contribution >= 4 is 48.8 Å². The Morgan fingerprint density at radius 1 is 1.04 bits per heavy atom. The molecule has 256 valence electrons. The lowest BCUT2D eigenvalue weighted by Crippen LogP contribution is -2.54. The first kappa shape index (κ1) is 37.6. The number of phenols is 1. The van der Waals surface area contributed by atoms with E-state index in [0.29, 0.717) is 12.0 Å².